The van der Waals surface area contributed by atoms with E-state index >= 15 is 0 Å². The summed E-state index contributed by atoms with van der Waals surface area (Å²) in [5.41, 5.74) is -1.73. The van der Waals surface area contributed by atoms with Crippen molar-refractivity contribution in [1.82, 2.24) is 19.1 Å². The van der Waals surface area contributed by atoms with Gasteiger partial charge in [0.25, 0.3) is 10.0 Å². The molecule has 0 saturated heterocycles. The van der Waals surface area contributed by atoms with E-state index in [-0.39, 0.29) is 29.3 Å². The van der Waals surface area contributed by atoms with E-state index < -0.39 is 33.1 Å². The number of nitrogens with one attached hydrogen (secondary N) is 1. The zero-order valence-corrected chi connectivity index (χ0v) is 17.2. The first-order chi connectivity index (χ1) is 14.5. The molecule has 12 heteroatoms. The number of amides is 1. The molecule has 3 aromatic heterocycles. The number of hydrogen-bond donors (Lipinski definition) is 1. The first kappa shape index (κ1) is 21.1. The molecule has 4 rings (SSSR count). The van der Waals surface area contributed by atoms with E-state index in [4.69, 9.17) is 4.74 Å². The van der Waals surface area contributed by atoms with Crippen LogP contribution in [0.3, 0.4) is 0 Å². The third-order valence-corrected chi connectivity index (χ3v) is 6.57. The van der Waals surface area contributed by atoms with Gasteiger partial charge >= 0.3 is 6.18 Å². The molecule has 0 unspecified atom stereocenters. The molecule has 8 nitrogen and oxygen atoms in total. The van der Waals surface area contributed by atoms with E-state index in [1.54, 1.807) is 13.0 Å². The van der Waals surface area contributed by atoms with Crippen LogP contribution in [0.15, 0.2) is 41.7 Å². The van der Waals surface area contributed by atoms with Gasteiger partial charge in [0.1, 0.15) is 5.65 Å². The predicted octanol–water partition coefficient (Wildman–Crippen LogP) is 2.60. The van der Waals surface area contributed by atoms with Gasteiger partial charge in [-0.3, -0.25) is 9.20 Å². The molecule has 0 aromatic carbocycles. The van der Waals surface area contributed by atoms with Crippen molar-refractivity contribution < 1.29 is 31.1 Å². The number of hydrogen-bond acceptors (Lipinski definition) is 6. The number of aryl methyl sites for hydroxylation is 1. The van der Waals surface area contributed by atoms with Crippen molar-refractivity contribution in [1.29, 1.82) is 0 Å². The summed E-state index contributed by atoms with van der Waals surface area (Å²) in [6, 6.07) is 5.18. The molecule has 0 bridgehead atoms. The van der Waals surface area contributed by atoms with E-state index in [0.29, 0.717) is 17.5 Å². The van der Waals surface area contributed by atoms with Crippen LogP contribution < -0.4 is 9.46 Å². The molecule has 164 valence electrons. The molecular weight excluding hydrogens is 437 g/mol. The second kappa shape index (κ2) is 6.94. The molecule has 3 heterocycles. The van der Waals surface area contributed by atoms with Crippen LogP contribution in [0, 0.1) is 6.92 Å². The topological polar surface area (TPSA) is 103 Å². The standard InChI is InChI=1S/C19H17F3N4O4S/c1-11-9-23-14-4-3-5-15(26(11)14)31(28,29)25-17(27)18(6-7-18)13-8-12(19(20,21)22)10-24-16(13)30-2/h3-5,8-10H,6-7H2,1-2H3,(H,25,27). The largest absolute Gasteiger partial charge is 0.481 e. The van der Waals surface area contributed by atoms with Gasteiger partial charge in [-0.25, -0.2) is 14.7 Å². The SMILES string of the molecule is COc1ncc(C(F)(F)F)cc1C1(C(=O)NS(=O)(=O)c2cccc3ncc(C)n23)CC1. The molecule has 1 fully saturated rings. The minimum Gasteiger partial charge on any atom is -0.481 e. The van der Waals surface area contributed by atoms with Crippen molar-refractivity contribution in [3.8, 4) is 5.88 Å². The number of sulfonamides is 1. The fourth-order valence-electron chi connectivity index (χ4n) is 3.49. The predicted molar refractivity (Wildman–Crippen MR) is 102 cm³/mol. The normalized spacial score (nSPS) is 15.6. The maximum Gasteiger partial charge on any atom is 0.417 e. The van der Waals surface area contributed by atoms with Crippen LogP contribution in [-0.2, 0) is 26.4 Å². The summed E-state index contributed by atoms with van der Waals surface area (Å²) in [5.74, 6) is -1.10. The third-order valence-electron chi connectivity index (χ3n) is 5.24. The molecule has 0 radical (unpaired) electrons. The van der Waals surface area contributed by atoms with Gasteiger partial charge < -0.3 is 4.74 Å². The van der Waals surface area contributed by atoms with Gasteiger partial charge in [0.05, 0.1) is 18.1 Å². The molecule has 31 heavy (non-hydrogen) atoms. The zero-order chi connectivity index (χ0) is 22.6. The molecule has 1 aliphatic rings. The zero-order valence-electron chi connectivity index (χ0n) is 16.4. The lowest BCUT2D eigenvalue weighted by molar-refractivity contribution is -0.138. The van der Waals surface area contributed by atoms with Crippen molar-refractivity contribution in [2.24, 2.45) is 0 Å². The quantitative estimate of drug-likeness (QED) is 0.636. The number of carbonyl (C=O) groups excluding carboxylic acids is 1. The maximum absolute atomic E-state index is 13.2. The Morgan fingerprint density at radius 1 is 1.23 bits per heavy atom. The summed E-state index contributed by atoms with van der Waals surface area (Å²) in [5, 5.41) is -0.210. The number of carbonyl (C=O) groups is 1. The fraction of sp³-hybridized carbons (Fsp3) is 0.316. The number of fused-ring (bicyclic) bond motifs is 1. The van der Waals surface area contributed by atoms with E-state index in [1.807, 2.05) is 4.72 Å². The summed E-state index contributed by atoms with van der Waals surface area (Å²) in [4.78, 5) is 20.8. The van der Waals surface area contributed by atoms with Crippen LogP contribution in [0.2, 0.25) is 0 Å². The highest BCUT2D eigenvalue weighted by Gasteiger charge is 2.55. The first-order valence-electron chi connectivity index (χ1n) is 9.12. The molecule has 1 amide bonds. The van der Waals surface area contributed by atoms with Crippen molar-refractivity contribution >= 4 is 21.6 Å². The van der Waals surface area contributed by atoms with Gasteiger partial charge in [-0.05, 0) is 38.0 Å². The third kappa shape index (κ3) is 3.50. The van der Waals surface area contributed by atoms with E-state index in [2.05, 4.69) is 9.97 Å². The summed E-state index contributed by atoms with van der Waals surface area (Å²) >= 11 is 0. The van der Waals surface area contributed by atoms with E-state index in [1.165, 1.54) is 29.8 Å². The highest BCUT2D eigenvalue weighted by atomic mass is 32.2. The highest BCUT2D eigenvalue weighted by Crippen LogP contribution is 2.52. The first-order valence-corrected chi connectivity index (χ1v) is 10.6. The van der Waals surface area contributed by atoms with Crippen LogP contribution in [0.25, 0.3) is 5.65 Å². The Kier molecular flexibility index (Phi) is 4.72. The Morgan fingerprint density at radius 2 is 1.94 bits per heavy atom. The average Bonchev–Trinajstić information content (AvgIpc) is 3.44. The molecule has 1 N–H and O–H groups in total. The number of ether oxygens (including phenoxy) is 1. The number of halogens is 3. The lowest BCUT2D eigenvalue weighted by Crippen LogP contribution is -2.39. The Morgan fingerprint density at radius 3 is 2.55 bits per heavy atom. The average molecular weight is 454 g/mol. The van der Waals surface area contributed by atoms with Crippen molar-refractivity contribution in [3.05, 3.63) is 53.5 Å². The monoisotopic (exact) mass is 454 g/mol. The molecule has 1 aliphatic carbocycles. The Labute approximate surface area is 175 Å². The summed E-state index contributed by atoms with van der Waals surface area (Å²) in [7, 11) is -3.13. The molecule has 0 spiro atoms. The van der Waals surface area contributed by atoms with Gasteiger partial charge in [-0.2, -0.15) is 21.6 Å². The van der Waals surface area contributed by atoms with Gasteiger partial charge in [0.2, 0.25) is 11.8 Å². The van der Waals surface area contributed by atoms with Gasteiger partial charge in [0, 0.05) is 23.7 Å². The summed E-state index contributed by atoms with van der Waals surface area (Å²) in [6.07, 6.45) is -2.28. The molecule has 3 aromatic rings. The van der Waals surface area contributed by atoms with Crippen molar-refractivity contribution in [2.75, 3.05) is 7.11 Å². The number of alkyl halides is 3. The number of pyridine rings is 2. The minimum absolute atomic E-state index is 0.102. The smallest absolute Gasteiger partial charge is 0.417 e. The summed E-state index contributed by atoms with van der Waals surface area (Å²) in [6.45, 7) is 1.66. The second-order valence-electron chi connectivity index (χ2n) is 7.25. The van der Waals surface area contributed by atoms with Gasteiger partial charge in [0.15, 0.2) is 5.03 Å². The van der Waals surface area contributed by atoms with E-state index in [0.717, 1.165) is 6.07 Å². The van der Waals surface area contributed by atoms with Crippen LogP contribution >= 0.6 is 0 Å². The lowest BCUT2D eigenvalue weighted by Gasteiger charge is -2.19. The second-order valence-corrected chi connectivity index (χ2v) is 8.88. The number of methoxy groups -OCH3 is 1. The molecule has 1 saturated carbocycles. The van der Waals surface area contributed by atoms with Crippen molar-refractivity contribution in [3.63, 3.8) is 0 Å². The Bertz CT molecular complexity index is 1300. The highest BCUT2D eigenvalue weighted by molar-refractivity contribution is 7.90. The van der Waals surface area contributed by atoms with Crippen LogP contribution in [-0.4, -0.2) is 35.8 Å². The number of nitrogens with zero attached hydrogens (tertiary/aromatic N) is 3. The van der Waals surface area contributed by atoms with Crippen LogP contribution in [0.5, 0.6) is 5.88 Å². The number of rotatable bonds is 5. The maximum atomic E-state index is 13.2. The summed E-state index contributed by atoms with van der Waals surface area (Å²) < 4.78 is 73.9. The number of imidazole rings is 1. The van der Waals surface area contributed by atoms with Gasteiger partial charge in [-0.15, -0.1) is 0 Å². The Hall–Kier alpha value is -3.15. The molecular formula is C19H17F3N4O4S. The van der Waals surface area contributed by atoms with Crippen molar-refractivity contribution in [2.45, 2.75) is 36.4 Å². The number of aromatic nitrogens is 3. The van der Waals surface area contributed by atoms with Crippen LogP contribution in [0.4, 0.5) is 13.2 Å². The van der Waals surface area contributed by atoms with Gasteiger partial charge in [-0.1, -0.05) is 6.07 Å². The fourth-order valence-corrected chi connectivity index (χ4v) is 4.77. The lowest BCUT2D eigenvalue weighted by atomic mass is 9.95. The Balaban J connectivity index is 1.73. The minimum atomic E-state index is -4.68. The van der Waals surface area contributed by atoms with E-state index in [9.17, 15) is 26.4 Å². The molecule has 0 aliphatic heterocycles. The van der Waals surface area contributed by atoms with Crippen LogP contribution in [0.1, 0.15) is 29.7 Å². The molecule has 0 atom stereocenters.